The van der Waals surface area contributed by atoms with Crippen LogP contribution in [-0.2, 0) is 6.54 Å². The van der Waals surface area contributed by atoms with Crippen LogP contribution in [0.25, 0.3) is 0 Å². The third-order valence-electron chi connectivity index (χ3n) is 3.56. The van der Waals surface area contributed by atoms with Gasteiger partial charge in [-0.15, -0.1) is 12.4 Å². The fourth-order valence-corrected chi connectivity index (χ4v) is 2.94. The third kappa shape index (κ3) is 6.12. The maximum atomic E-state index is 12.4. The third-order valence-corrected chi connectivity index (χ3v) is 3.56. The largest absolute Gasteiger partial charge is 0.490 e. The van der Waals surface area contributed by atoms with E-state index in [-0.39, 0.29) is 18.2 Å². The molecule has 0 saturated carbocycles. The van der Waals surface area contributed by atoms with Crippen LogP contribution < -0.4 is 14.8 Å². The second-order valence-corrected chi connectivity index (χ2v) is 5.76. The first-order valence-electron chi connectivity index (χ1n) is 7.66. The lowest BCUT2D eigenvalue weighted by Gasteiger charge is -2.36. The Bertz CT molecular complexity index is 481. The molecule has 0 radical (unpaired) electrons. The van der Waals surface area contributed by atoms with Crippen molar-refractivity contribution in [2.45, 2.75) is 46.0 Å². The topological polar surface area (TPSA) is 33.7 Å². The van der Waals surface area contributed by atoms with Crippen molar-refractivity contribution in [1.29, 1.82) is 0 Å². The van der Waals surface area contributed by atoms with Crippen LogP contribution in [0.1, 0.15) is 26.3 Å². The van der Waals surface area contributed by atoms with Crippen molar-refractivity contribution in [3.8, 4) is 11.5 Å². The van der Waals surface area contributed by atoms with E-state index >= 15 is 0 Å². The molecule has 132 valence electrons. The Labute approximate surface area is 142 Å². The van der Waals surface area contributed by atoms with Crippen LogP contribution in [0.3, 0.4) is 0 Å². The number of nitrogens with one attached hydrogen (secondary N) is 1. The lowest BCUT2D eigenvalue weighted by Crippen LogP contribution is -2.53. The van der Waals surface area contributed by atoms with Crippen LogP contribution in [0.2, 0.25) is 0 Å². The number of halogens is 3. The van der Waals surface area contributed by atoms with Crippen molar-refractivity contribution in [1.82, 2.24) is 10.2 Å². The number of alkyl halides is 2. The molecule has 2 unspecified atom stereocenters. The molecule has 1 aromatic rings. The van der Waals surface area contributed by atoms with E-state index in [0.717, 1.165) is 25.2 Å². The SMILES string of the molecule is CCOc1cc(CN2CC(C)NC(C)C2)ccc1OC(F)F.Cl. The average molecular weight is 351 g/mol. The molecule has 1 saturated heterocycles. The van der Waals surface area contributed by atoms with E-state index in [1.807, 2.05) is 13.0 Å². The number of rotatable bonds is 6. The molecule has 4 nitrogen and oxygen atoms in total. The first kappa shape index (κ1) is 19.9. The molecule has 0 bridgehead atoms. The van der Waals surface area contributed by atoms with E-state index < -0.39 is 6.61 Å². The van der Waals surface area contributed by atoms with Gasteiger partial charge in [0.2, 0.25) is 0 Å². The average Bonchev–Trinajstić information content (AvgIpc) is 2.40. The fraction of sp³-hybridized carbons (Fsp3) is 0.625. The minimum atomic E-state index is -2.85. The van der Waals surface area contributed by atoms with Gasteiger partial charge in [0.05, 0.1) is 6.61 Å². The zero-order chi connectivity index (χ0) is 16.1. The molecule has 0 aliphatic carbocycles. The molecule has 0 amide bonds. The van der Waals surface area contributed by atoms with Crippen LogP contribution in [0.15, 0.2) is 18.2 Å². The zero-order valence-corrected chi connectivity index (χ0v) is 14.5. The molecule has 1 aliphatic heterocycles. The monoisotopic (exact) mass is 350 g/mol. The summed E-state index contributed by atoms with van der Waals surface area (Å²) in [4.78, 5) is 2.35. The molecule has 23 heavy (non-hydrogen) atoms. The summed E-state index contributed by atoms with van der Waals surface area (Å²) >= 11 is 0. The Kier molecular flexibility index (Phi) is 8.02. The van der Waals surface area contributed by atoms with Gasteiger partial charge in [-0.3, -0.25) is 4.90 Å². The molecular weight excluding hydrogens is 326 g/mol. The van der Waals surface area contributed by atoms with Crippen LogP contribution in [0, 0.1) is 0 Å². The minimum absolute atomic E-state index is 0. The number of nitrogens with zero attached hydrogens (tertiary/aromatic N) is 1. The van der Waals surface area contributed by atoms with E-state index in [1.165, 1.54) is 0 Å². The molecule has 1 heterocycles. The molecule has 1 aliphatic rings. The maximum Gasteiger partial charge on any atom is 0.387 e. The molecule has 7 heteroatoms. The lowest BCUT2D eigenvalue weighted by molar-refractivity contribution is -0.0514. The number of piperazine rings is 1. The van der Waals surface area contributed by atoms with E-state index in [1.54, 1.807) is 12.1 Å². The molecule has 0 spiro atoms. The van der Waals surface area contributed by atoms with Crippen molar-refractivity contribution in [3.05, 3.63) is 23.8 Å². The van der Waals surface area contributed by atoms with Crippen LogP contribution in [0.4, 0.5) is 8.78 Å². The van der Waals surface area contributed by atoms with Crippen LogP contribution in [-0.4, -0.2) is 43.3 Å². The van der Waals surface area contributed by atoms with E-state index in [2.05, 4.69) is 28.8 Å². The summed E-state index contributed by atoms with van der Waals surface area (Å²) in [6.07, 6.45) is 0. The van der Waals surface area contributed by atoms with Gasteiger partial charge in [0.1, 0.15) is 0 Å². The molecule has 1 aromatic carbocycles. The summed E-state index contributed by atoms with van der Waals surface area (Å²) < 4.78 is 34.7. The van der Waals surface area contributed by atoms with E-state index in [9.17, 15) is 8.78 Å². The highest BCUT2D eigenvalue weighted by molar-refractivity contribution is 5.85. The summed E-state index contributed by atoms with van der Waals surface area (Å²) in [6.45, 7) is 6.39. The van der Waals surface area contributed by atoms with Gasteiger partial charge in [0.25, 0.3) is 0 Å². The highest BCUT2D eigenvalue weighted by Gasteiger charge is 2.21. The van der Waals surface area contributed by atoms with Gasteiger partial charge in [-0.1, -0.05) is 6.07 Å². The Balaban J connectivity index is 0.00000264. The van der Waals surface area contributed by atoms with Gasteiger partial charge >= 0.3 is 6.61 Å². The maximum absolute atomic E-state index is 12.4. The number of hydrogen-bond donors (Lipinski definition) is 1. The normalized spacial score (nSPS) is 21.8. The number of ether oxygens (including phenoxy) is 2. The first-order valence-corrected chi connectivity index (χ1v) is 7.66. The smallest absolute Gasteiger partial charge is 0.387 e. The first-order chi connectivity index (χ1) is 10.5. The molecule has 2 atom stereocenters. The van der Waals surface area contributed by atoms with Gasteiger partial charge in [-0.05, 0) is 38.5 Å². The molecule has 1 fully saturated rings. The van der Waals surface area contributed by atoms with Crippen molar-refractivity contribution in [2.75, 3.05) is 19.7 Å². The molecule has 0 aromatic heterocycles. The van der Waals surface area contributed by atoms with Gasteiger partial charge in [-0.2, -0.15) is 8.78 Å². The Morgan fingerprint density at radius 3 is 2.43 bits per heavy atom. The Hall–Kier alpha value is -1.11. The van der Waals surface area contributed by atoms with E-state index in [4.69, 9.17) is 4.74 Å². The van der Waals surface area contributed by atoms with E-state index in [0.29, 0.717) is 24.4 Å². The van der Waals surface area contributed by atoms with Gasteiger partial charge < -0.3 is 14.8 Å². The highest BCUT2D eigenvalue weighted by atomic mass is 35.5. The molecule has 2 rings (SSSR count). The predicted octanol–water partition coefficient (Wildman–Crippen LogP) is 3.29. The standard InChI is InChI=1S/C16H24F2N2O2.ClH/c1-4-21-15-7-13(5-6-14(15)22-16(17)18)10-20-8-11(2)19-12(3)9-20;/h5-7,11-12,16,19H,4,8-10H2,1-3H3;1H. The van der Waals surface area contributed by atoms with Gasteiger partial charge in [-0.25, -0.2) is 0 Å². The summed E-state index contributed by atoms with van der Waals surface area (Å²) in [5.74, 6) is 0.458. The van der Waals surface area contributed by atoms with Gasteiger partial charge in [0.15, 0.2) is 11.5 Å². The van der Waals surface area contributed by atoms with Gasteiger partial charge in [0, 0.05) is 31.7 Å². The lowest BCUT2D eigenvalue weighted by atomic mass is 10.1. The fourth-order valence-electron chi connectivity index (χ4n) is 2.94. The second-order valence-electron chi connectivity index (χ2n) is 5.76. The van der Waals surface area contributed by atoms with Crippen molar-refractivity contribution in [3.63, 3.8) is 0 Å². The Morgan fingerprint density at radius 2 is 1.87 bits per heavy atom. The zero-order valence-electron chi connectivity index (χ0n) is 13.7. The summed E-state index contributed by atoms with van der Waals surface area (Å²) in [5.41, 5.74) is 1.03. The number of hydrogen-bond acceptors (Lipinski definition) is 4. The summed E-state index contributed by atoms with van der Waals surface area (Å²) in [7, 11) is 0. The quantitative estimate of drug-likeness (QED) is 0.853. The summed E-state index contributed by atoms with van der Waals surface area (Å²) in [5, 5.41) is 3.49. The van der Waals surface area contributed by atoms with Crippen molar-refractivity contribution >= 4 is 12.4 Å². The minimum Gasteiger partial charge on any atom is -0.490 e. The van der Waals surface area contributed by atoms with Crippen molar-refractivity contribution < 1.29 is 18.3 Å². The second kappa shape index (κ2) is 9.25. The predicted molar refractivity (Wildman–Crippen MR) is 88.8 cm³/mol. The molecule has 1 N–H and O–H groups in total. The highest BCUT2D eigenvalue weighted by Crippen LogP contribution is 2.30. The summed E-state index contributed by atoms with van der Waals surface area (Å²) in [6, 6.07) is 6.05. The number of benzene rings is 1. The molecular formula is C16H25ClF2N2O2. The van der Waals surface area contributed by atoms with Crippen molar-refractivity contribution in [2.24, 2.45) is 0 Å². The van der Waals surface area contributed by atoms with Crippen LogP contribution >= 0.6 is 12.4 Å². The Morgan fingerprint density at radius 1 is 1.22 bits per heavy atom. The van der Waals surface area contributed by atoms with Crippen LogP contribution in [0.5, 0.6) is 11.5 Å².